The molecule has 1 aromatic heterocycles. The van der Waals surface area contributed by atoms with Gasteiger partial charge in [-0.05, 0) is 13.8 Å². The van der Waals surface area contributed by atoms with Crippen molar-refractivity contribution < 1.29 is 9.53 Å². The van der Waals surface area contributed by atoms with Gasteiger partial charge < -0.3 is 10.1 Å². The maximum Gasteiger partial charge on any atom is 0.226 e. The van der Waals surface area contributed by atoms with Crippen molar-refractivity contribution in [2.45, 2.75) is 52.2 Å². The van der Waals surface area contributed by atoms with Crippen LogP contribution >= 0.6 is 11.3 Å². The molecule has 0 aliphatic carbocycles. The Balaban J connectivity index is 1.69. The van der Waals surface area contributed by atoms with Gasteiger partial charge in [-0.1, -0.05) is 13.8 Å². The Hall–Kier alpha value is -0.980. The van der Waals surface area contributed by atoms with Crippen LogP contribution in [0.1, 0.15) is 44.3 Å². The summed E-state index contributed by atoms with van der Waals surface area (Å²) in [6, 6.07) is 0. The number of aromatic nitrogens is 1. The van der Waals surface area contributed by atoms with Crippen LogP contribution in [0.5, 0.6) is 0 Å². The van der Waals surface area contributed by atoms with E-state index in [0.717, 1.165) is 30.3 Å². The van der Waals surface area contributed by atoms with Crippen LogP contribution in [0.15, 0.2) is 5.38 Å². The molecule has 0 aromatic carbocycles. The van der Waals surface area contributed by atoms with Crippen LogP contribution in [-0.2, 0) is 16.0 Å². The monoisotopic (exact) mass is 325 g/mol. The Kier molecular flexibility index (Phi) is 6.35. The summed E-state index contributed by atoms with van der Waals surface area (Å²) < 4.78 is 5.71. The molecule has 0 saturated carbocycles. The van der Waals surface area contributed by atoms with Crippen LogP contribution in [0.4, 0.5) is 0 Å². The molecule has 6 heteroatoms. The van der Waals surface area contributed by atoms with Gasteiger partial charge in [0.1, 0.15) is 0 Å². The van der Waals surface area contributed by atoms with E-state index < -0.39 is 0 Å². The molecule has 1 aliphatic heterocycles. The Morgan fingerprint density at radius 1 is 1.45 bits per heavy atom. The van der Waals surface area contributed by atoms with E-state index in [4.69, 9.17) is 4.74 Å². The highest BCUT2D eigenvalue weighted by Gasteiger charge is 2.21. The molecule has 2 heterocycles. The van der Waals surface area contributed by atoms with E-state index in [1.165, 1.54) is 0 Å². The predicted molar refractivity (Wildman–Crippen MR) is 89.4 cm³/mol. The summed E-state index contributed by atoms with van der Waals surface area (Å²) in [7, 11) is 0. The van der Waals surface area contributed by atoms with E-state index in [1.807, 2.05) is 5.38 Å². The minimum atomic E-state index is 0.0509. The molecule has 124 valence electrons. The number of rotatable bonds is 6. The van der Waals surface area contributed by atoms with Crippen molar-refractivity contribution in [3.8, 4) is 0 Å². The summed E-state index contributed by atoms with van der Waals surface area (Å²) >= 11 is 1.63. The zero-order valence-electron chi connectivity index (χ0n) is 14.0. The van der Waals surface area contributed by atoms with Gasteiger partial charge in [-0.25, -0.2) is 4.98 Å². The molecular formula is C16H27N3O2S. The van der Waals surface area contributed by atoms with Gasteiger partial charge in [0.2, 0.25) is 5.91 Å². The van der Waals surface area contributed by atoms with Crippen LogP contribution in [0.2, 0.25) is 0 Å². The fourth-order valence-electron chi connectivity index (χ4n) is 2.72. The first-order valence-electron chi connectivity index (χ1n) is 8.03. The van der Waals surface area contributed by atoms with E-state index in [2.05, 4.69) is 42.9 Å². The minimum Gasteiger partial charge on any atom is -0.373 e. The number of nitrogens with zero attached hydrogens (tertiary/aromatic N) is 2. The highest BCUT2D eigenvalue weighted by atomic mass is 32.1. The van der Waals surface area contributed by atoms with E-state index >= 15 is 0 Å². The van der Waals surface area contributed by atoms with E-state index in [9.17, 15) is 4.79 Å². The molecule has 1 amide bonds. The lowest BCUT2D eigenvalue weighted by atomic mass is 10.2. The van der Waals surface area contributed by atoms with Gasteiger partial charge in [0.15, 0.2) is 0 Å². The third-order valence-corrected chi connectivity index (χ3v) is 4.84. The quantitative estimate of drug-likeness (QED) is 0.869. The second-order valence-corrected chi connectivity index (χ2v) is 7.27. The summed E-state index contributed by atoms with van der Waals surface area (Å²) in [6.45, 7) is 11.8. The summed E-state index contributed by atoms with van der Waals surface area (Å²) in [4.78, 5) is 18.8. The van der Waals surface area contributed by atoms with E-state index in [1.54, 1.807) is 11.3 Å². The Labute approximate surface area is 137 Å². The van der Waals surface area contributed by atoms with Crippen LogP contribution in [0.3, 0.4) is 0 Å². The van der Waals surface area contributed by atoms with Crippen molar-refractivity contribution >= 4 is 17.2 Å². The van der Waals surface area contributed by atoms with Crippen molar-refractivity contribution in [2.24, 2.45) is 0 Å². The number of thiazole rings is 1. The topological polar surface area (TPSA) is 54.5 Å². The van der Waals surface area contributed by atoms with Crippen LogP contribution < -0.4 is 5.32 Å². The number of morpholine rings is 1. The number of carbonyl (C=O) groups excluding carboxylic acids is 1. The molecule has 0 radical (unpaired) electrons. The largest absolute Gasteiger partial charge is 0.373 e. The lowest BCUT2D eigenvalue weighted by Gasteiger charge is -2.35. The molecule has 1 N–H and O–H groups in total. The van der Waals surface area contributed by atoms with Crippen LogP contribution in [0, 0.1) is 0 Å². The van der Waals surface area contributed by atoms with Crippen molar-refractivity contribution in [1.82, 2.24) is 15.2 Å². The van der Waals surface area contributed by atoms with Crippen molar-refractivity contribution in [2.75, 3.05) is 26.2 Å². The number of amides is 1. The fourth-order valence-corrected chi connectivity index (χ4v) is 3.55. The molecule has 22 heavy (non-hydrogen) atoms. The number of hydrogen-bond acceptors (Lipinski definition) is 5. The number of hydrogen-bond donors (Lipinski definition) is 1. The van der Waals surface area contributed by atoms with Gasteiger partial charge in [-0.2, -0.15) is 0 Å². The van der Waals surface area contributed by atoms with Crippen molar-refractivity contribution in [1.29, 1.82) is 0 Å². The van der Waals surface area contributed by atoms with Crippen LogP contribution in [0.25, 0.3) is 0 Å². The lowest BCUT2D eigenvalue weighted by Crippen LogP contribution is -2.48. The maximum atomic E-state index is 12.0. The molecule has 1 aromatic rings. The molecule has 1 aliphatic rings. The van der Waals surface area contributed by atoms with Crippen molar-refractivity contribution in [3.05, 3.63) is 16.1 Å². The average molecular weight is 325 g/mol. The van der Waals surface area contributed by atoms with Gasteiger partial charge >= 0.3 is 0 Å². The predicted octanol–water partition coefficient (Wildman–Crippen LogP) is 2.03. The number of nitrogens with one attached hydrogen (secondary N) is 1. The molecular weight excluding hydrogens is 298 g/mol. The first-order chi connectivity index (χ1) is 10.4. The molecule has 0 spiro atoms. The SMILES string of the molecule is CC(C)c1nc(CC(=O)NCCN2C[C@H](C)O[C@@H](C)C2)cs1. The van der Waals surface area contributed by atoms with Crippen molar-refractivity contribution in [3.63, 3.8) is 0 Å². The van der Waals surface area contributed by atoms with E-state index in [-0.39, 0.29) is 18.1 Å². The molecule has 5 nitrogen and oxygen atoms in total. The third kappa shape index (κ3) is 5.34. The zero-order chi connectivity index (χ0) is 16.1. The Bertz CT molecular complexity index is 479. The normalized spacial score (nSPS) is 23.0. The lowest BCUT2D eigenvalue weighted by molar-refractivity contribution is -0.120. The van der Waals surface area contributed by atoms with Gasteiger partial charge in [0.25, 0.3) is 0 Å². The summed E-state index contributed by atoms with van der Waals surface area (Å²) in [5.74, 6) is 0.474. The van der Waals surface area contributed by atoms with E-state index in [0.29, 0.717) is 18.9 Å². The Morgan fingerprint density at radius 3 is 2.73 bits per heavy atom. The summed E-state index contributed by atoms with van der Waals surface area (Å²) in [5.41, 5.74) is 0.875. The third-order valence-electron chi connectivity index (χ3n) is 3.65. The van der Waals surface area contributed by atoms with Gasteiger partial charge in [0.05, 0.1) is 29.3 Å². The highest BCUT2D eigenvalue weighted by Crippen LogP contribution is 2.19. The fraction of sp³-hybridized carbons (Fsp3) is 0.750. The summed E-state index contributed by atoms with van der Waals surface area (Å²) in [5, 5.41) is 6.07. The molecule has 0 bridgehead atoms. The van der Waals surface area contributed by atoms with Gasteiger partial charge in [-0.3, -0.25) is 9.69 Å². The first kappa shape index (κ1) is 17.4. The molecule has 1 fully saturated rings. The second-order valence-electron chi connectivity index (χ2n) is 6.38. The highest BCUT2D eigenvalue weighted by molar-refractivity contribution is 7.09. The first-order valence-corrected chi connectivity index (χ1v) is 8.90. The van der Waals surface area contributed by atoms with Gasteiger partial charge in [-0.15, -0.1) is 11.3 Å². The number of carbonyl (C=O) groups is 1. The smallest absolute Gasteiger partial charge is 0.226 e. The molecule has 1 saturated heterocycles. The number of ether oxygens (including phenoxy) is 1. The second kappa shape index (κ2) is 8.04. The zero-order valence-corrected chi connectivity index (χ0v) is 14.8. The molecule has 0 unspecified atom stereocenters. The molecule has 2 atom stereocenters. The minimum absolute atomic E-state index is 0.0509. The summed E-state index contributed by atoms with van der Waals surface area (Å²) in [6.07, 6.45) is 0.909. The standard InChI is InChI=1S/C16H27N3O2S/c1-11(2)16-18-14(10-22-16)7-15(20)17-5-6-19-8-12(3)21-13(4)9-19/h10-13H,5-9H2,1-4H3,(H,17,20)/t12-,13-/m0/s1. The van der Waals surface area contributed by atoms with Crippen LogP contribution in [-0.4, -0.2) is 54.2 Å². The molecule has 2 rings (SSSR count). The Morgan fingerprint density at radius 2 is 2.14 bits per heavy atom. The maximum absolute atomic E-state index is 12.0. The average Bonchev–Trinajstić information content (AvgIpc) is 2.86. The van der Waals surface area contributed by atoms with Gasteiger partial charge in [0, 0.05) is 37.5 Å².